The second-order valence-electron chi connectivity index (χ2n) is 4.18. The van der Waals surface area contributed by atoms with Crippen molar-refractivity contribution in [2.24, 2.45) is 0 Å². The molecule has 1 amide bonds. The van der Waals surface area contributed by atoms with E-state index in [-0.39, 0.29) is 11.9 Å². The monoisotopic (exact) mass is 260 g/mol. The average Bonchev–Trinajstić information content (AvgIpc) is 2.92. The number of carbonyl (C=O) groups excluding carboxylic acids is 1. The molecule has 0 saturated carbocycles. The molecule has 2 rings (SSSR count). The minimum Gasteiger partial charge on any atom is -0.497 e. The van der Waals surface area contributed by atoms with Crippen LogP contribution >= 0.6 is 0 Å². The number of methoxy groups -OCH3 is 1. The van der Waals surface area contributed by atoms with E-state index in [4.69, 9.17) is 10.5 Å². The van der Waals surface area contributed by atoms with Crippen molar-refractivity contribution in [2.45, 2.75) is 13.0 Å². The van der Waals surface area contributed by atoms with Crippen LogP contribution in [0.3, 0.4) is 0 Å². The number of anilines is 1. The summed E-state index contributed by atoms with van der Waals surface area (Å²) in [6.45, 7) is 1.88. The van der Waals surface area contributed by atoms with Gasteiger partial charge in [0, 0.05) is 23.5 Å². The second-order valence-corrected chi connectivity index (χ2v) is 4.18. The quantitative estimate of drug-likeness (QED) is 0.726. The van der Waals surface area contributed by atoms with E-state index in [0.717, 1.165) is 5.56 Å². The second kappa shape index (κ2) is 5.43. The summed E-state index contributed by atoms with van der Waals surface area (Å²) in [6, 6.07) is 4.82. The van der Waals surface area contributed by atoms with Crippen LogP contribution in [0.1, 0.15) is 28.9 Å². The number of aromatic amines is 1. The van der Waals surface area contributed by atoms with Gasteiger partial charge in [-0.05, 0) is 19.1 Å². The fourth-order valence-electron chi connectivity index (χ4n) is 1.73. The van der Waals surface area contributed by atoms with Crippen molar-refractivity contribution in [1.29, 1.82) is 0 Å². The smallest absolute Gasteiger partial charge is 0.253 e. The summed E-state index contributed by atoms with van der Waals surface area (Å²) in [5, 5.41) is 9.41. The molecule has 1 heterocycles. The van der Waals surface area contributed by atoms with Crippen molar-refractivity contribution in [3.8, 4) is 5.75 Å². The summed E-state index contributed by atoms with van der Waals surface area (Å²) in [4.78, 5) is 12.1. The molecule has 6 heteroatoms. The summed E-state index contributed by atoms with van der Waals surface area (Å²) in [7, 11) is 1.55. The summed E-state index contributed by atoms with van der Waals surface area (Å²) in [6.07, 6.45) is 3.41. The molecule has 1 aromatic heterocycles. The maximum atomic E-state index is 12.1. The van der Waals surface area contributed by atoms with Crippen LogP contribution in [-0.4, -0.2) is 23.2 Å². The molecule has 0 bridgehead atoms. The highest BCUT2D eigenvalue weighted by molar-refractivity contribution is 5.99. The molecular formula is C13H16N4O2. The Labute approximate surface area is 111 Å². The van der Waals surface area contributed by atoms with Crippen LogP contribution in [-0.2, 0) is 0 Å². The number of nitrogens with one attached hydrogen (secondary N) is 2. The first-order valence-electron chi connectivity index (χ1n) is 5.85. The number of hydrogen-bond donors (Lipinski definition) is 3. The van der Waals surface area contributed by atoms with Crippen molar-refractivity contribution < 1.29 is 9.53 Å². The van der Waals surface area contributed by atoms with Gasteiger partial charge in [0.25, 0.3) is 5.91 Å². The number of rotatable bonds is 4. The first-order chi connectivity index (χ1) is 9.11. The van der Waals surface area contributed by atoms with E-state index in [1.807, 2.05) is 6.92 Å². The lowest BCUT2D eigenvalue weighted by Crippen LogP contribution is -2.27. The van der Waals surface area contributed by atoms with Gasteiger partial charge in [-0.1, -0.05) is 0 Å². The number of aromatic nitrogens is 2. The van der Waals surface area contributed by atoms with Crippen LogP contribution in [0, 0.1) is 0 Å². The van der Waals surface area contributed by atoms with Gasteiger partial charge in [0.2, 0.25) is 0 Å². The van der Waals surface area contributed by atoms with Crippen LogP contribution < -0.4 is 15.8 Å². The highest BCUT2D eigenvalue weighted by atomic mass is 16.5. The van der Waals surface area contributed by atoms with Gasteiger partial charge in [-0.3, -0.25) is 9.89 Å². The Morgan fingerprint density at radius 1 is 1.53 bits per heavy atom. The van der Waals surface area contributed by atoms with Crippen LogP contribution in [0.5, 0.6) is 5.75 Å². The number of benzene rings is 1. The normalized spacial score (nSPS) is 11.9. The van der Waals surface area contributed by atoms with Gasteiger partial charge in [-0.2, -0.15) is 5.10 Å². The minimum atomic E-state index is -0.228. The largest absolute Gasteiger partial charge is 0.497 e. The zero-order valence-electron chi connectivity index (χ0n) is 10.8. The zero-order chi connectivity index (χ0) is 13.8. The number of H-pyrrole nitrogens is 1. The lowest BCUT2D eigenvalue weighted by atomic mass is 10.1. The van der Waals surface area contributed by atoms with Crippen molar-refractivity contribution >= 4 is 11.6 Å². The molecule has 1 aromatic carbocycles. The van der Waals surface area contributed by atoms with Crippen LogP contribution in [0.2, 0.25) is 0 Å². The van der Waals surface area contributed by atoms with Gasteiger partial charge in [-0.25, -0.2) is 0 Å². The number of carbonyl (C=O) groups is 1. The Morgan fingerprint density at radius 2 is 2.32 bits per heavy atom. The third-order valence-corrected chi connectivity index (χ3v) is 2.87. The molecule has 2 aromatic rings. The molecule has 100 valence electrons. The topological polar surface area (TPSA) is 93.0 Å². The van der Waals surface area contributed by atoms with Gasteiger partial charge in [0.15, 0.2) is 0 Å². The molecule has 0 aliphatic carbocycles. The minimum absolute atomic E-state index is 0.146. The Bertz CT molecular complexity index is 566. The molecule has 4 N–H and O–H groups in total. The summed E-state index contributed by atoms with van der Waals surface area (Å²) < 4.78 is 5.05. The van der Waals surface area contributed by atoms with E-state index in [1.165, 1.54) is 0 Å². The first kappa shape index (κ1) is 12.9. The number of hydrogen-bond acceptors (Lipinski definition) is 4. The average molecular weight is 260 g/mol. The van der Waals surface area contributed by atoms with Crippen molar-refractivity contribution in [3.63, 3.8) is 0 Å². The van der Waals surface area contributed by atoms with Crippen molar-refractivity contribution in [2.75, 3.05) is 12.8 Å². The molecule has 0 radical (unpaired) electrons. The Morgan fingerprint density at radius 3 is 2.89 bits per heavy atom. The van der Waals surface area contributed by atoms with Crippen LogP contribution in [0.15, 0.2) is 30.6 Å². The van der Waals surface area contributed by atoms with Crippen molar-refractivity contribution in [1.82, 2.24) is 15.5 Å². The number of amides is 1. The van der Waals surface area contributed by atoms with E-state index in [0.29, 0.717) is 17.0 Å². The predicted octanol–water partition coefficient (Wildman–Crippen LogP) is 1.49. The van der Waals surface area contributed by atoms with E-state index < -0.39 is 0 Å². The van der Waals surface area contributed by atoms with Crippen molar-refractivity contribution in [3.05, 3.63) is 41.7 Å². The Kier molecular flexibility index (Phi) is 3.70. The van der Waals surface area contributed by atoms with Gasteiger partial charge < -0.3 is 15.8 Å². The lowest BCUT2D eigenvalue weighted by molar-refractivity contribution is 0.0941. The van der Waals surface area contributed by atoms with E-state index in [2.05, 4.69) is 15.5 Å². The summed E-state index contributed by atoms with van der Waals surface area (Å²) in [5.74, 6) is 0.394. The molecular weight excluding hydrogens is 244 g/mol. The van der Waals surface area contributed by atoms with E-state index >= 15 is 0 Å². The fraction of sp³-hybridized carbons (Fsp3) is 0.231. The summed E-state index contributed by atoms with van der Waals surface area (Å²) in [5.41, 5.74) is 7.55. The molecule has 1 atom stereocenters. The van der Waals surface area contributed by atoms with E-state index in [1.54, 1.807) is 37.7 Å². The third-order valence-electron chi connectivity index (χ3n) is 2.87. The highest BCUT2D eigenvalue weighted by Crippen LogP contribution is 2.20. The zero-order valence-corrected chi connectivity index (χ0v) is 10.8. The van der Waals surface area contributed by atoms with Gasteiger partial charge in [-0.15, -0.1) is 0 Å². The Hall–Kier alpha value is -2.50. The van der Waals surface area contributed by atoms with Crippen LogP contribution in [0.25, 0.3) is 0 Å². The number of nitrogens with zero attached hydrogens (tertiary/aromatic N) is 1. The van der Waals surface area contributed by atoms with Gasteiger partial charge in [0.05, 0.1) is 24.9 Å². The number of ether oxygens (including phenoxy) is 1. The van der Waals surface area contributed by atoms with Gasteiger partial charge in [0.1, 0.15) is 5.75 Å². The molecule has 0 spiro atoms. The molecule has 0 aliphatic rings. The first-order valence-corrected chi connectivity index (χ1v) is 5.85. The molecule has 0 saturated heterocycles. The van der Waals surface area contributed by atoms with Gasteiger partial charge >= 0.3 is 0 Å². The molecule has 1 unspecified atom stereocenters. The lowest BCUT2D eigenvalue weighted by Gasteiger charge is -2.13. The number of nitrogens with two attached hydrogens (primary N) is 1. The highest BCUT2D eigenvalue weighted by Gasteiger charge is 2.14. The third kappa shape index (κ3) is 2.85. The molecule has 6 nitrogen and oxygen atoms in total. The SMILES string of the molecule is COc1ccc(C(=O)NC(C)c2cn[nH]c2)c(N)c1. The van der Waals surface area contributed by atoms with Crippen LogP contribution in [0.4, 0.5) is 5.69 Å². The maximum Gasteiger partial charge on any atom is 0.253 e. The Balaban J connectivity index is 2.12. The standard InChI is InChI=1S/C13H16N4O2/c1-8(9-6-15-16-7-9)17-13(18)11-4-3-10(19-2)5-12(11)14/h3-8H,14H2,1-2H3,(H,15,16)(H,17,18). The molecule has 19 heavy (non-hydrogen) atoms. The maximum absolute atomic E-state index is 12.1. The van der Waals surface area contributed by atoms with E-state index in [9.17, 15) is 4.79 Å². The summed E-state index contributed by atoms with van der Waals surface area (Å²) >= 11 is 0. The molecule has 0 fully saturated rings. The predicted molar refractivity (Wildman–Crippen MR) is 71.9 cm³/mol. The molecule has 0 aliphatic heterocycles. The fourth-order valence-corrected chi connectivity index (χ4v) is 1.73. The number of nitrogen functional groups attached to an aromatic ring is 1.